The van der Waals surface area contributed by atoms with Crippen LogP contribution >= 0.6 is 24.0 Å². The molecule has 2 rings (SSSR count). The van der Waals surface area contributed by atoms with E-state index in [4.69, 9.17) is 14.5 Å². The molecule has 0 amide bonds. The SMILES string of the molecule is CCNC(=NCc1ccccc1CC)NCC1(OC)CCOCC1.I. The highest BCUT2D eigenvalue weighted by molar-refractivity contribution is 14.0. The molecule has 0 radical (unpaired) electrons. The Kier molecular flexibility index (Phi) is 10.4. The van der Waals surface area contributed by atoms with Gasteiger partial charge in [0.25, 0.3) is 0 Å². The number of methoxy groups -OCH3 is 1. The lowest BCUT2D eigenvalue weighted by Gasteiger charge is -2.36. The molecule has 0 aliphatic carbocycles. The topological polar surface area (TPSA) is 54.9 Å². The quantitative estimate of drug-likeness (QED) is 0.372. The van der Waals surface area contributed by atoms with Crippen molar-refractivity contribution in [3.8, 4) is 0 Å². The van der Waals surface area contributed by atoms with Crippen LogP contribution in [0.5, 0.6) is 0 Å². The second-order valence-corrected chi connectivity index (χ2v) is 6.17. The fraction of sp³-hybridized carbons (Fsp3) is 0.632. The number of hydrogen-bond donors (Lipinski definition) is 2. The highest BCUT2D eigenvalue weighted by atomic mass is 127. The summed E-state index contributed by atoms with van der Waals surface area (Å²) in [7, 11) is 1.79. The molecule has 5 nitrogen and oxygen atoms in total. The fourth-order valence-electron chi connectivity index (χ4n) is 3.00. The molecule has 2 N–H and O–H groups in total. The normalized spacial score (nSPS) is 16.8. The Morgan fingerprint density at radius 1 is 1.16 bits per heavy atom. The van der Waals surface area contributed by atoms with Crippen molar-refractivity contribution in [2.45, 2.75) is 45.3 Å². The van der Waals surface area contributed by atoms with E-state index < -0.39 is 0 Å². The molecule has 1 aliphatic heterocycles. The van der Waals surface area contributed by atoms with Gasteiger partial charge < -0.3 is 20.1 Å². The zero-order chi connectivity index (χ0) is 17.3. The van der Waals surface area contributed by atoms with Gasteiger partial charge in [0.05, 0.1) is 12.1 Å². The lowest BCUT2D eigenvalue weighted by atomic mass is 9.94. The smallest absolute Gasteiger partial charge is 0.191 e. The number of benzene rings is 1. The van der Waals surface area contributed by atoms with Crippen LogP contribution in [0.3, 0.4) is 0 Å². The van der Waals surface area contributed by atoms with Gasteiger partial charge in [-0.1, -0.05) is 31.2 Å². The Morgan fingerprint density at radius 3 is 2.44 bits per heavy atom. The molecule has 1 heterocycles. The lowest BCUT2D eigenvalue weighted by molar-refractivity contribution is -0.0855. The van der Waals surface area contributed by atoms with Crippen molar-refractivity contribution in [3.05, 3.63) is 35.4 Å². The Morgan fingerprint density at radius 2 is 1.84 bits per heavy atom. The summed E-state index contributed by atoms with van der Waals surface area (Å²) in [6.07, 6.45) is 2.85. The predicted octanol–water partition coefficient (Wildman–Crippen LogP) is 3.12. The number of nitrogens with one attached hydrogen (secondary N) is 2. The number of halogens is 1. The van der Waals surface area contributed by atoms with Crippen LogP contribution in [0.25, 0.3) is 0 Å². The minimum atomic E-state index is -0.157. The number of ether oxygens (including phenoxy) is 2. The maximum absolute atomic E-state index is 5.78. The summed E-state index contributed by atoms with van der Waals surface area (Å²) < 4.78 is 11.2. The van der Waals surface area contributed by atoms with Gasteiger partial charge in [0.15, 0.2) is 5.96 Å². The first-order chi connectivity index (χ1) is 11.7. The van der Waals surface area contributed by atoms with Gasteiger partial charge in [-0.05, 0) is 24.5 Å². The predicted molar refractivity (Wildman–Crippen MR) is 114 cm³/mol. The number of aliphatic imine (C=N–C) groups is 1. The van der Waals surface area contributed by atoms with Crippen LogP contribution in [-0.2, 0) is 22.4 Å². The number of rotatable bonds is 7. The van der Waals surface area contributed by atoms with E-state index in [2.05, 4.69) is 48.7 Å². The molecule has 0 aromatic heterocycles. The zero-order valence-electron chi connectivity index (χ0n) is 15.6. The molecule has 0 bridgehead atoms. The van der Waals surface area contributed by atoms with E-state index in [-0.39, 0.29) is 29.6 Å². The van der Waals surface area contributed by atoms with E-state index in [9.17, 15) is 0 Å². The molecular formula is C19H32IN3O2. The van der Waals surface area contributed by atoms with E-state index in [1.54, 1.807) is 7.11 Å². The van der Waals surface area contributed by atoms with E-state index in [1.807, 2.05) is 0 Å². The molecule has 0 saturated carbocycles. The highest BCUT2D eigenvalue weighted by Gasteiger charge is 2.32. The molecule has 0 atom stereocenters. The van der Waals surface area contributed by atoms with Gasteiger partial charge in [-0.25, -0.2) is 4.99 Å². The maximum atomic E-state index is 5.78. The van der Waals surface area contributed by atoms with Crippen LogP contribution in [0.15, 0.2) is 29.3 Å². The first kappa shape index (κ1) is 22.2. The van der Waals surface area contributed by atoms with Gasteiger partial charge >= 0.3 is 0 Å². The number of hydrogen-bond acceptors (Lipinski definition) is 3. The largest absolute Gasteiger partial charge is 0.381 e. The third-order valence-corrected chi connectivity index (χ3v) is 4.67. The second kappa shape index (κ2) is 11.7. The van der Waals surface area contributed by atoms with Crippen molar-refractivity contribution >= 4 is 29.9 Å². The summed E-state index contributed by atoms with van der Waals surface area (Å²) in [4.78, 5) is 4.75. The van der Waals surface area contributed by atoms with E-state index >= 15 is 0 Å². The van der Waals surface area contributed by atoms with Crippen molar-refractivity contribution < 1.29 is 9.47 Å². The number of guanidine groups is 1. The van der Waals surface area contributed by atoms with Gasteiger partial charge in [-0.3, -0.25) is 0 Å². The molecule has 142 valence electrons. The third kappa shape index (κ3) is 6.75. The average Bonchev–Trinajstić information content (AvgIpc) is 2.65. The molecule has 1 aromatic carbocycles. The Bertz CT molecular complexity index is 531. The van der Waals surface area contributed by atoms with Crippen LogP contribution in [-0.4, -0.2) is 45.0 Å². The summed E-state index contributed by atoms with van der Waals surface area (Å²) in [5.74, 6) is 0.839. The van der Waals surface area contributed by atoms with Crippen molar-refractivity contribution in [1.29, 1.82) is 0 Å². The minimum absolute atomic E-state index is 0. The van der Waals surface area contributed by atoms with Gasteiger partial charge in [-0.15, -0.1) is 24.0 Å². The van der Waals surface area contributed by atoms with Crippen LogP contribution < -0.4 is 10.6 Å². The summed E-state index contributed by atoms with van der Waals surface area (Å²) >= 11 is 0. The fourth-order valence-corrected chi connectivity index (χ4v) is 3.00. The summed E-state index contributed by atoms with van der Waals surface area (Å²) in [5.41, 5.74) is 2.48. The average molecular weight is 461 g/mol. The monoisotopic (exact) mass is 461 g/mol. The second-order valence-electron chi connectivity index (χ2n) is 6.17. The lowest BCUT2D eigenvalue weighted by Crippen LogP contribution is -2.50. The van der Waals surface area contributed by atoms with Gasteiger partial charge in [0.2, 0.25) is 0 Å². The Balaban J connectivity index is 0.00000312. The third-order valence-electron chi connectivity index (χ3n) is 4.67. The summed E-state index contributed by atoms with van der Waals surface area (Å²) in [6.45, 7) is 8.04. The molecular weight excluding hydrogens is 429 g/mol. The van der Waals surface area contributed by atoms with E-state index in [0.717, 1.165) is 51.5 Å². The molecule has 1 aromatic rings. The highest BCUT2D eigenvalue weighted by Crippen LogP contribution is 2.23. The first-order valence-electron chi connectivity index (χ1n) is 8.95. The minimum Gasteiger partial charge on any atom is -0.381 e. The van der Waals surface area contributed by atoms with Crippen LogP contribution in [0.4, 0.5) is 0 Å². The molecule has 0 unspecified atom stereocenters. The van der Waals surface area contributed by atoms with Crippen molar-refractivity contribution in [2.24, 2.45) is 4.99 Å². The Labute approximate surface area is 169 Å². The van der Waals surface area contributed by atoms with Crippen LogP contribution in [0.1, 0.15) is 37.8 Å². The number of aryl methyl sites for hydroxylation is 1. The van der Waals surface area contributed by atoms with Crippen LogP contribution in [0, 0.1) is 0 Å². The Hall–Kier alpha value is -0.860. The number of nitrogens with zero attached hydrogens (tertiary/aromatic N) is 1. The first-order valence-corrected chi connectivity index (χ1v) is 8.95. The van der Waals surface area contributed by atoms with E-state index in [0.29, 0.717) is 6.54 Å². The van der Waals surface area contributed by atoms with Gasteiger partial charge in [-0.2, -0.15) is 0 Å². The molecule has 6 heteroatoms. The van der Waals surface area contributed by atoms with Crippen LogP contribution in [0.2, 0.25) is 0 Å². The molecule has 25 heavy (non-hydrogen) atoms. The van der Waals surface area contributed by atoms with Gasteiger partial charge in [0.1, 0.15) is 0 Å². The molecule has 1 fully saturated rings. The van der Waals surface area contributed by atoms with Gasteiger partial charge in [0, 0.05) is 46.3 Å². The van der Waals surface area contributed by atoms with Crippen molar-refractivity contribution in [3.63, 3.8) is 0 Å². The molecule has 0 spiro atoms. The molecule has 1 aliphatic rings. The summed E-state index contributed by atoms with van der Waals surface area (Å²) in [5, 5.41) is 6.77. The standard InChI is InChI=1S/C19H31N3O2.HI/c1-4-16-8-6-7-9-17(16)14-21-18(20-5-2)22-15-19(23-3)10-12-24-13-11-19;/h6-9H,4-5,10-15H2,1-3H3,(H2,20,21,22);1H. The maximum Gasteiger partial charge on any atom is 0.191 e. The molecule has 1 saturated heterocycles. The summed E-state index contributed by atoms with van der Waals surface area (Å²) in [6, 6.07) is 8.49. The van der Waals surface area contributed by atoms with Crippen molar-refractivity contribution in [1.82, 2.24) is 10.6 Å². The van der Waals surface area contributed by atoms with Crippen molar-refractivity contribution in [2.75, 3.05) is 33.4 Å². The zero-order valence-corrected chi connectivity index (χ0v) is 18.0. The van der Waals surface area contributed by atoms with E-state index in [1.165, 1.54) is 11.1 Å².